The van der Waals surface area contributed by atoms with Gasteiger partial charge >= 0.3 is 0 Å². The second-order valence-corrected chi connectivity index (χ2v) is 6.53. The molecule has 2 aliphatic rings. The summed E-state index contributed by atoms with van der Waals surface area (Å²) >= 11 is 2.01. The van der Waals surface area contributed by atoms with E-state index >= 15 is 0 Å². The second kappa shape index (κ2) is 5.61. The van der Waals surface area contributed by atoms with Gasteiger partial charge in [-0.2, -0.15) is 11.8 Å². The van der Waals surface area contributed by atoms with Crippen LogP contribution in [0.25, 0.3) is 0 Å². The molecule has 2 heterocycles. The van der Waals surface area contributed by atoms with Gasteiger partial charge in [-0.15, -0.1) is 10.2 Å². The van der Waals surface area contributed by atoms with Crippen LogP contribution in [0.4, 0.5) is 0 Å². The molecule has 1 aliphatic heterocycles. The van der Waals surface area contributed by atoms with Gasteiger partial charge in [0.1, 0.15) is 11.6 Å². The Balaban J connectivity index is 1.56. The number of aromatic nitrogens is 3. The van der Waals surface area contributed by atoms with Gasteiger partial charge in [0.05, 0.1) is 6.54 Å². The zero-order chi connectivity index (χ0) is 12.4. The van der Waals surface area contributed by atoms with Crippen LogP contribution in [0.15, 0.2) is 0 Å². The summed E-state index contributed by atoms with van der Waals surface area (Å²) in [6.45, 7) is 2.00. The van der Waals surface area contributed by atoms with Crippen molar-refractivity contribution in [3.8, 4) is 0 Å². The maximum absolute atomic E-state index is 4.34. The molecule has 18 heavy (non-hydrogen) atoms. The van der Waals surface area contributed by atoms with Crippen LogP contribution in [0, 0.1) is 0 Å². The maximum atomic E-state index is 4.34. The van der Waals surface area contributed by atoms with Crippen molar-refractivity contribution in [3.05, 3.63) is 11.6 Å². The number of nitrogens with zero attached hydrogens (tertiary/aromatic N) is 3. The Hall–Kier alpha value is -0.550. The van der Waals surface area contributed by atoms with Crippen molar-refractivity contribution in [2.75, 3.05) is 6.26 Å². The van der Waals surface area contributed by atoms with Crippen LogP contribution >= 0.6 is 11.8 Å². The molecule has 2 atom stereocenters. The molecule has 0 aromatic carbocycles. The summed E-state index contributed by atoms with van der Waals surface area (Å²) in [5.41, 5.74) is 0. The molecule has 0 radical (unpaired) electrons. The number of hydrogen-bond donors (Lipinski definition) is 1. The molecule has 1 saturated carbocycles. The van der Waals surface area contributed by atoms with E-state index in [4.69, 9.17) is 0 Å². The molecule has 0 saturated heterocycles. The van der Waals surface area contributed by atoms with Gasteiger partial charge in [-0.3, -0.25) is 0 Å². The zero-order valence-corrected chi connectivity index (χ0v) is 11.9. The lowest BCUT2D eigenvalue weighted by Crippen LogP contribution is -2.28. The Kier molecular flexibility index (Phi) is 3.89. The summed E-state index contributed by atoms with van der Waals surface area (Å²) in [7, 11) is 0. The lowest BCUT2D eigenvalue weighted by atomic mass is 10.1. The van der Waals surface area contributed by atoms with Crippen molar-refractivity contribution >= 4 is 11.8 Å². The largest absolute Gasteiger partial charge is 0.314 e. The normalized spacial score (nSPS) is 27.4. The van der Waals surface area contributed by atoms with Gasteiger partial charge < -0.3 is 9.88 Å². The molecule has 100 valence electrons. The van der Waals surface area contributed by atoms with E-state index in [0.717, 1.165) is 30.6 Å². The van der Waals surface area contributed by atoms with Crippen molar-refractivity contribution in [2.45, 2.75) is 62.9 Å². The molecule has 1 N–H and O–H groups in total. The molecular formula is C13H22N4S. The smallest absolute Gasteiger partial charge is 0.147 e. The van der Waals surface area contributed by atoms with Crippen molar-refractivity contribution in [1.82, 2.24) is 20.1 Å². The van der Waals surface area contributed by atoms with E-state index in [2.05, 4.69) is 26.3 Å². The van der Waals surface area contributed by atoms with Crippen LogP contribution in [-0.4, -0.2) is 32.3 Å². The molecule has 1 aromatic rings. The van der Waals surface area contributed by atoms with E-state index < -0.39 is 0 Å². The zero-order valence-electron chi connectivity index (χ0n) is 11.1. The van der Waals surface area contributed by atoms with Crippen molar-refractivity contribution in [2.24, 2.45) is 0 Å². The van der Waals surface area contributed by atoms with Gasteiger partial charge in [-0.05, 0) is 38.4 Å². The van der Waals surface area contributed by atoms with Crippen molar-refractivity contribution in [3.63, 3.8) is 0 Å². The van der Waals surface area contributed by atoms with E-state index in [9.17, 15) is 0 Å². The molecule has 1 aromatic heterocycles. The topological polar surface area (TPSA) is 42.7 Å². The van der Waals surface area contributed by atoms with E-state index in [1.165, 1.54) is 37.9 Å². The van der Waals surface area contributed by atoms with Crippen LogP contribution in [0.5, 0.6) is 0 Å². The van der Waals surface area contributed by atoms with Gasteiger partial charge in [0.2, 0.25) is 0 Å². The highest BCUT2D eigenvalue weighted by molar-refractivity contribution is 7.99. The van der Waals surface area contributed by atoms with Gasteiger partial charge in [0, 0.05) is 24.3 Å². The first kappa shape index (κ1) is 12.5. The van der Waals surface area contributed by atoms with Gasteiger partial charge in [-0.25, -0.2) is 0 Å². The number of fused-ring (bicyclic) bond motifs is 1. The van der Waals surface area contributed by atoms with E-state index in [1.54, 1.807) is 0 Å². The van der Waals surface area contributed by atoms with Crippen LogP contribution in [-0.2, 0) is 19.5 Å². The molecule has 1 fully saturated rings. The molecule has 3 rings (SSSR count). The Labute approximate surface area is 113 Å². The molecule has 2 unspecified atom stereocenters. The average molecular weight is 266 g/mol. The SMILES string of the molecule is CSC1CCC(NCc2nnc3n2CCCC3)C1. The number of rotatable bonds is 4. The number of thioether (sulfide) groups is 1. The number of nitrogens with one attached hydrogen (secondary N) is 1. The van der Waals surface area contributed by atoms with Crippen LogP contribution in [0.3, 0.4) is 0 Å². The third-order valence-electron chi connectivity index (χ3n) is 4.20. The monoisotopic (exact) mass is 266 g/mol. The van der Waals surface area contributed by atoms with Gasteiger partial charge in [0.15, 0.2) is 0 Å². The summed E-state index contributed by atoms with van der Waals surface area (Å²) < 4.78 is 2.32. The Morgan fingerprint density at radius 3 is 3.11 bits per heavy atom. The molecule has 1 aliphatic carbocycles. The fraction of sp³-hybridized carbons (Fsp3) is 0.846. The number of aryl methyl sites for hydroxylation is 1. The van der Waals surface area contributed by atoms with E-state index in [0.29, 0.717) is 6.04 Å². The fourth-order valence-corrected chi connectivity index (χ4v) is 3.87. The Morgan fingerprint density at radius 1 is 1.33 bits per heavy atom. The predicted molar refractivity (Wildman–Crippen MR) is 74.7 cm³/mol. The van der Waals surface area contributed by atoms with Crippen molar-refractivity contribution < 1.29 is 0 Å². The number of hydrogen-bond acceptors (Lipinski definition) is 4. The lowest BCUT2D eigenvalue weighted by Gasteiger charge is -2.16. The summed E-state index contributed by atoms with van der Waals surface area (Å²) in [4.78, 5) is 0. The third kappa shape index (κ3) is 2.57. The highest BCUT2D eigenvalue weighted by Gasteiger charge is 2.24. The highest BCUT2D eigenvalue weighted by Crippen LogP contribution is 2.28. The summed E-state index contributed by atoms with van der Waals surface area (Å²) in [5, 5.41) is 13.2. The summed E-state index contributed by atoms with van der Waals surface area (Å²) in [6.07, 6.45) is 9.85. The minimum atomic E-state index is 0.680. The van der Waals surface area contributed by atoms with Crippen LogP contribution in [0.2, 0.25) is 0 Å². The minimum Gasteiger partial charge on any atom is -0.314 e. The average Bonchev–Trinajstić information content (AvgIpc) is 3.03. The molecule has 0 bridgehead atoms. The van der Waals surface area contributed by atoms with E-state index in [1.807, 2.05) is 11.8 Å². The van der Waals surface area contributed by atoms with Gasteiger partial charge in [0.25, 0.3) is 0 Å². The summed E-state index contributed by atoms with van der Waals surface area (Å²) in [5.74, 6) is 2.32. The maximum Gasteiger partial charge on any atom is 0.147 e. The first-order valence-corrected chi connectivity index (χ1v) is 8.32. The standard InChI is InChI=1S/C13H22N4S/c1-18-11-6-5-10(8-11)14-9-13-16-15-12-4-2-3-7-17(12)13/h10-11,14H,2-9H2,1H3. The van der Waals surface area contributed by atoms with Gasteiger partial charge in [-0.1, -0.05) is 0 Å². The van der Waals surface area contributed by atoms with Crippen molar-refractivity contribution in [1.29, 1.82) is 0 Å². The summed E-state index contributed by atoms with van der Waals surface area (Å²) in [6, 6.07) is 0.680. The fourth-order valence-electron chi connectivity index (χ4n) is 3.07. The van der Waals surface area contributed by atoms with E-state index in [-0.39, 0.29) is 0 Å². The first-order valence-electron chi connectivity index (χ1n) is 7.04. The lowest BCUT2D eigenvalue weighted by molar-refractivity contribution is 0.471. The predicted octanol–water partition coefficient (Wildman–Crippen LogP) is 1.99. The molecule has 0 amide bonds. The third-order valence-corrected chi connectivity index (χ3v) is 5.30. The molecule has 4 nitrogen and oxygen atoms in total. The first-order chi connectivity index (χ1) is 8.86. The van der Waals surface area contributed by atoms with Crippen LogP contribution < -0.4 is 5.32 Å². The molecular weight excluding hydrogens is 244 g/mol. The molecule has 0 spiro atoms. The quantitative estimate of drug-likeness (QED) is 0.905. The Morgan fingerprint density at radius 2 is 2.28 bits per heavy atom. The second-order valence-electron chi connectivity index (χ2n) is 5.39. The molecule has 5 heteroatoms. The van der Waals surface area contributed by atoms with Crippen LogP contribution in [0.1, 0.15) is 43.8 Å². The Bertz CT molecular complexity index is 404. The minimum absolute atomic E-state index is 0.680. The highest BCUT2D eigenvalue weighted by atomic mass is 32.2.